The van der Waals surface area contributed by atoms with Crippen LogP contribution in [0.25, 0.3) is 11.4 Å². The summed E-state index contributed by atoms with van der Waals surface area (Å²) in [5, 5.41) is 2.92. The Morgan fingerprint density at radius 1 is 1.12 bits per heavy atom. The molecule has 0 fully saturated rings. The highest BCUT2D eigenvalue weighted by Gasteiger charge is 2.02. The Bertz CT molecular complexity index is 394. The van der Waals surface area contributed by atoms with Gasteiger partial charge in [-0.1, -0.05) is 6.07 Å². The van der Waals surface area contributed by atoms with Gasteiger partial charge in [-0.15, -0.1) is 48.6 Å². The molecule has 0 saturated carbocycles. The van der Waals surface area contributed by atoms with E-state index in [2.05, 4.69) is 9.97 Å². The van der Waals surface area contributed by atoms with Crippen LogP contribution >= 0.6 is 48.6 Å². The molecule has 0 amide bonds. The van der Waals surface area contributed by atoms with Crippen molar-refractivity contribution in [1.82, 2.24) is 9.97 Å². The summed E-state index contributed by atoms with van der Waals surface area (Å²) in [6, 6.07) is 5.78. The third kappa shape index (κ3) is 4.23. The molecule has 0 aliphatic heterocycles. The Morgan fingerprint density at radius 3 is 2.38 bits per heavy atom. The Balaban J connectivity index is 0. The van der Waals surface area contributed by atoms with Gasteiger partial charge in [0.15, 0.2) is 0 Å². The molecule has 0 aliphatic rings. The lowest BCUT2D eigenvalue weighted by Crippen LogP contribution is -1.94. The van der Waals surface area contributed by atoms with Crippen molar-refractivity contribution in [1.29, 1.82) is 0 Å². The molecular formula is C9H12Cl3N3S. The second kappa shape index (κ2) is 8.73. The highest BCUT2D eigenvalue weighted by Crippen LogP contribution is 2.18. The molecule has 16 heavy (non-hydrogen) atoms. The first-order valence-electron chi connectivity index (χ1n) is 3.96. The van der Waals surface area contributed by atoms with E-state index in [-0.39, 0.29) is 37.2 Å². The molecule has 90 valence electrons. The molecule has 0 atom stereocenters. The fraction of sp³-hybridized carbons (Fsp3) is 0.111. The van der Waals surface area contributed by atoms with Crippen LogP contribution in [0.1, 0.15) is 5.01 Å². The molecule has 0 unspecified atom stereocenters. The second-order valence-electron chi connectivity index (χ2n) is 2.55. The van der Waals surface area contributed by atoms with E-state index in [1.54, 1.807) is 17.5 Å². The number of halogens is 3. The molecule has 2 aromatic heterocycles. The maximum absolute atomic E-state index is 5.47. The number of nitrogens with zero attached hydrogens (tertiary/aromatic N) is 2. The van der Waals surface area contributed by atoms with Crippen molar-refractivity contribution < 1.29 is 0 Å². The third-order valence-electron chi connectivity index (χ3n) is 1.65. The normalized spacial score (nSPS) is 8.31. The first-order chi connectivity index (χ1) is 6.40. The van der Waals surface area contributed by atoms with Gasteiger partial charge in [0.05, 0.1) is 11.4 Å². The quantitative estimate of drug-likeness (QED) is 0.928. The lowest BCUT2D eigenvalue weighted by molar-refractivity contribution is 1.04. The number of aromatic nitrogens is 2. The minimum Gasteiger partial charge on any atom is -0.325 e. The average Bonchev–Trinajstić information content (AvgIpc) is 2.67. The summed E-state index contributed by atoms with van der Waals surface area (Å²) < 4.78 is 0. The Morgan fingerprint density at radius 2 is 1.88 bits per heavy atom. The Hall–Kier alpha value is -0.390. The van der Waals surface area contributed by atoms with Crippen molar-refractivity contribution in [2.24, 2.45) is 5.73 Å². The standard InChI is InChI=1S/C9H9N3S.3ClH/c10-5-9-12-8(6-13-9)7-3-1-2-4-11-7;;;/h1-4,6H,5,10H2;3*1H. The van der Waals surface area contributed by atoms with E-state index < -0.39 is 0 Å². The topological polar surface area (TPSA) is 51.8 Å². The van der Waals surface area contributed by atoms with E-state index in [0.717, 1.165) is 16.4 Å². The van der Waals surface area contributed by atoms with E-state index >= 15 is 0 Å². The summed E-state index contributed by atoms with van der Waals surface area (Å²) in [6.07, 6.45) is 1.76. The smallest absolute Gasteiger partial charge is 0.107 e. The predicted octanol–water partition coefficient (Wildman–Crippen LogP) is 2.93. The molecule has 2 N–H and O–H groups in total. The van der Waals surface area contributed by atoms with Gasteiger partial charge in [-0.2, -0.15) is 0 Å². The highest BCUT2D eigenvalue weighted by atomic mass is 35.5. The van der Waals surface area contributed by atoms with Crippen LogP contribution in [0.2, 0.25) is 0 Å². The molecule has 0 saturated heterocycles. The van der Waals surface area contributed by atoms with Gasteiger partial charge >= 0.3 is 0 Å². The summed E-state index contributed by atoms with van der Waals surface area (Å²) in [5.74, 6) is 0. The molecule has 2 aromatic rings. The van der Waals surface area contributed by atoms with Crippen LogP contribution in [0.15, 0.2) is 29.8 Å². The van der Waals surface area contributed by atoms with Crippen molar-refractivity contribution in [3.05, 3.63) is 34.8 Å². The van der Waals surface area contributed by atoms with Crippen LogP contribution in [0, 0.1) is 0 Å². The van der Waals surface area contributed by atoms with Crippen LogP contribution < -0.4 is 5.73 Å². The van der Waals surface area contributed by atoms with E-state index in [4.69, 9.17) is 5.73 Å². The monoisotopic (exact) mass is 299 g/mol. The summed E-state index contributed by atoms with van der Waals surface area (Å²) >= 11 is 1.57. The summed E-state index contributed by atoms with van der Waals surface area (Å²) in [7, 11) is 0. The van der Waals surface area contributed by atoms with Gasteiger partial charge < -0.3 is 5.73 Å². The second-order valence-corrected chi connectivity index (χ2v) is 3.49. The van der Waals surface area contributed by atoms with Crippen molar-refractivity contribution in [3.63, 3.8) is 0 Å². The van der Waals surface area contributed by atoms with Crippen molar-refractivity contribution in [2.75, 3.05) is 0 Å². The van der Waals surface area contributed by atoms with Gasteiger partial charge in [-0.3, -0.25) is 4.98 Å². The van der Waals surface area contributed by atoms with Crippen molar-refractivity contribution in [2.45, 2.75) is 6.54 Å². The summed E-state index contributed by atoms with van der Waals surface area (Å²) in [5.41, 5.74) is 7.28. The number of pyridine rings is 1. The molecule has 3 nitrogen and oxygen atoms in total. The maximum Gasteiger partial charge on any atom is 0.107 e. The van der Waals surface area contributed by atoms with Crippen molar-refractivity contribution in [3.8, 4) is 11.4 Å². The molecule has 2 heterocycles. The van der Waals surface area contributed by atoms with E-state index in [0.29, 0.717) is 6.54 Å². The lowest BCUT2D eigenvalue weighted by atomic mass is 10.3. The van der Waals surface area contributed by atoms with Crippen molar-refractivity contribution >= 4 is 48.6 Å². The fourth-order valence-corrected chi connectivity index (χ4v) is 1.70. The van der Waals surface area contributed by atoms with Crippen LogP contribution in [0.3, 0.4) is 0 Å². The minimum atomic E-state index is 0. The first-order valence-corrected chi connectivity index (χ1v) is 4.84. The van der Waals surface area contributed by atoms with Gasteiger partial charge in [0.2, 0.25) is 0 Å². The number of hydrogen-bond acceptors (Lipinski definition) is 4. The molecule has 0 bridgehead atoms. The molecule has 2 rings (SSSR count). The SMILES string of the molecule is Cl.Cl.Cl.NCc1nc(-c2ccccn2)cs1. The number of thiazole rings is 1. The average molecular weight is 301 g/mol. The van der Waals surface area contributed by atoms with Crippen LogP contribution in [-0.2, 0) is 6.54 Å². The zero-order valence-electron chi connectivity index (χ0n) is 8.20. The Kier molecular flexibility index (Phi) is 9.81. The number of nitrogens with two attached hydrogens (primary N) is 1. The molecule has 0 aliphatic carbocycles. The van der Waals surface area contributed by atoms with Gasteiger partial charge in [0.25, 0.3) is 0 Å². The highest BCUT2D eigenvalue weighted by molar-refractivity contribution is 7.09. The van der Waals surface area contributed by atoms with E-state index in [1.165, 1.54) is 0 Å². The largest absolute Gasteiger partial charge is 0.325 e. The number of hydrogen-bond donors (Lipinski definition) is 1. The summed E-state index contributed by atoms with van der Waals surface area (Å²) in [6.45, 7) is 0.498. The predicted molar refractivity (Wildman–Crippen MR) is 75.0 cm³/mol. The molecule has 7 heteroatoms. The van der Waals surface area contributed by atoms with E-state index in [9.17, 15) is 0 Å². The molecule has 0 aromatic carbocycles. The fourth-order valence-electron chi connectivity index (χ4n) is 1.04. The Labute approximate surface area is 117 Å². The van der Waals surface area contributed by atoms with Crippen LogP contribution in [0.4, 0.5) is 0 Å². The number of rotatable bonds is 2. The summed E-state index contributed by atoms with van der Waals surface area (Å²) in [4.78, 5) is 8.53. The van der Waals surface area contributed by atoms with Gasteiger partial charge in [-0.05, 0) is 12.1 Å². The zero-order valence-corrected chi connectivity index (χ0v) is 11.5. The minimum absolute atomic E-state index is 0. The van der Waals surface area contributed by atoms with Gasteiger partial charge in [0.1, 0.15) is 5.01 Å². The van der Waals surface area contributed by atoms with Gasteiger partial charge in [0, 0.05) is 18.1 Å². The lowest BCUT2D eigenvalue weighted by Gasteiger charge is -1.92. The first kappa shape index (κ1) is 18.0. The zero-order chi connectivity index (χ0) is 9.10. The molecule has 0 radical (unpaired) electrons. The van der Waals surface area contributed by atoms with Crippen LogP contribution in [-0.4, -0.2) is 9.97 Å². The van der Waals surface area contributed by atoms with Crippen LogP contribution in [0.5, 0.6) is 0 Å². The van der Waals surface area contributed by atoms with E-state index in [1.807, 2.05) is 23.6 Å². The molecule has 0 spiro atoms. The maximum atomic E-state index is 5.47. The molecular weight excluding hydrogens is 289 g/mol. The third-order valence-corrected chi connectivity index (χ3v) is 2.52. The van der Waals surface area contributed by atoms with Gasteiger partial charge in [-0.25, -0.2) is 4.98 Å².